The second-order valence-corrected chi connectivity index (χ2v) is 7.31. The van der Waals surface area contributed by atoms with Gasteiger partial charge in [-0.1, -0.05) is 0 Å². The van der Waals surface area contributed by atoms with Gasteiger partial charge in [-0.15, -0.1) is 0 Å². The van der Waals surface area contributed by atoms with Crippen LogP contribution in [0.25, 0.3) is 0 Å². The van der Waals surface area contributed by atoms with E-state index in [2.05, 4.69) is 26.3 Å². The van der Waals surface area contributed by atoms with Gasteiger partial charge in [0, 0.05) is 30.8 Å². The fourth-order valence-electron chi connectivity index (χ4n) is 3.55. The summed E-state index contributed by atoms with van der Waals surface area (Å²) in [6, 6.07) is 5.71. The summed E-state index contributed by atoms with van der Waals surface area (Å²) in [4.78, 5) is 14.5. The van der Waals surface area contributed by atoms with Gasteiger partial charge in [0.15, 0.2) is 0 Å². The molecule has 128 valence electrons. The third-order valence-electron chi connectivity index (χ3n) is 5.17. The van der Waals surface area contributed by atoms with Crippen LogP contribution >= 0.6 is 0 Å². The fraction of sp³-hybridized carbons (Fsp3) is 0.611. The Labute approximate surface area is 141 Å². The van der Waals surface area contributed by atoms with E-state index in [-0.39, 0.29) is 5.56 Å². The van der Waals surface area contributed by atoms with E-state index in [4.69, 9.17) is 0 Å². The second kappa shape index (κ2) is 6.51. The summed E-state index contributed by atoms with van der Waals surface area (Å²) >= 11 is 0. The molecule has 2 aromatic rings. The molecule has 6 heteroatoms. The van der Waals surface area contributed by atoms with Gasteiger partial charge < -0.3 is 0 Å². The monoisotopic (exact) mass is 327 g/mol. The SMILES string of the molecule is Cc1cc(CN2CCC(Cn3nc(C4CC4)ccc3=O)CC2)n[nH]1. The van der Waals surface area contributed by atoms with Crippen molar-refractivity contribution in [2.45, 2.75) is 51.6 Å². The van der Waals surface area contributed by atoms with Crippen LogP contribution in [0.15, 0.2) is 23.0 Å². The number of likely N-dealkylation sites (tertiary alicyclic amines) is 1. The second-order valence-electron chi connectivity index (χ2n) is 7.31. The first-order chi connectivity index (χ1) is 11.7. The summed E-state index contributed by atoms with van der Waals surface area (Å²) in [5.41, 5.74) is 3.36. The molecular weight excluding hydrogens is 302 g/mol. The van der Waals surface area contributed by atoms with Crippen molar-refractivity contribution in [2.75, 3.05) is 13.1 Å². The van der Waals surface area contributed by atoms with Gasteiger partial charge in [0.05, 0.1) is 11.4 Å². The Balaban J connectivity index is 1.33. The van der Waals surface area contributed by atoms with Crippen LogP contribution in [0.2, 0.25) is 0 Å². The van der Waals surface area contributed by atoms with Gasteiger partial charge in [0.2, 0.25) is 0 Å². The number of hydrogen-bond acceptors (Lipinski definition) is 4. The van der Waals surface area contributed by atoms with Crippen molar-refractivity contribution in [1.29, 1.82) is 0 Å². The van der Waals surface area contributed by atoms with Gasteiger partial charge in [-0.05, 0) is 63.7 Å². The van der Waals surface area contributed by atoms with Crippen LogP contribution in [0, 0.1) is 12.8 Å². The number of nitrogens with zero attached hydrogens (tertiary/aromatic N) is 4. The molecule has 1 aliphatic heterocycles. The van der Waals surface area contributed by atoms with Crippen molar-refractivity contribution in [1.82, 2.24) is 24.9 Å². The zero-order valence-electron chi connectivity index (χ0n) is 14.2. The molecule has 1 saturated heterocycles. The zero-order valence-corrected chi connectivity index (χ0v) is 14.2. The normalized spacial score (nSPS) is 19.7. The molecule has 2 fully saturated rings. The van der Waals surface area contributed by atoms with Gasteiger partial charge in [0.25, 0.3) is 5.56 Å². The van der Waals surface area contributed by atoms with Gasteiger partial charge in [0.1, 0.15) is 0 Å². The van der Waals surface area contributed by atoms with E-state index in [0.717, 1.165) is 56.1 Å². The predicted molar refractivity (Wildman–Crippen MR) is 91.8 cm³/mol. The summed E-state index contributed by atoms with van der Waals surface area (Å²) in [7, 11) is 0. The fourth-order valence-corrected chi connectivity index (χ4v) is 3.55. The molecule has 1 aliphatic carbocycles. The minimum Gasteiger partial charge on any atom is -0.297 e. The Hall–Kier alpha value is -1.95. The molecule has 1 N–H and O–H groups in total. The molecule has 0 radical (unpaired) electrons. The van der Waals surface area contributed by atoms with Crippen molar-refractivity contribution >= 4 is 0 Å². The summed E-state index contributed by atoms with van der Waals surface area (Å²) in [6.45, 7) is 5.83. The Bertz CT molecular complexity index is 753. The molecule has 0 unspecified atom stereocenters. The lowest BCUT2D eigenvalue weighted by atomic mass is 9.96. The highest BCUT2D eigenvalue weighted by molar-refractivity contribution is 5.12. The summed E-state index contributed by atoms with van der Waals surface area (Å²) in [5.74, 6) is 1.14. The van der Waals surface area contributed by atoms with Gasteiger partial charge in [-0.25, -0.2) is 4.68 Å². The lowest BCUT2D eigenvalue weighted by Crippen LogP contribution is -2.36. The highest BCUT2D eigenvalue weighted by atomic mass is 16.1. The first-order valence-corrected chi connectivity index (χ1v) is 8.98. The Morgan fingerprint density at radius 3 is 2.67 bits per heavy atom. The van der Waals surface area contributed by atoms with Gasteiger partial charge >= 0.3 is 0 Å². The van der Waals surface area contributed by atoms with Crippen LogP contribution in [-0.2, 0) is 13.1 Å². The van der Waals surface area contributed by atoms with Crippen molar-refractivity contribution in [3.05, 3.63) is 45.6 Å². The van der Waals surface area contributed by atoms with Crippen molar-refractivity contribution < 1.29 is 0 Å². The Morgan fingerprint density at radius 2 is 2.00 bits per heavy atom. The molecule has 0 spiro atoms. The number of hydrogen-bond donors (Lipinski definition) is 1. The maximum absolute atomic E-state index is 12.1. The van der Waals surface area contributed by atoms with Crippen molar-refractivity contribution in [3.63, 3.8) is 0 Å². The average Bonchev–Trinajstić information content (AvgIpc) is 3.35. The number of rotatable bonds is 5. The van der Waals surface area contributed by atoms with Gasteiger partial charge in [-0.2, -0.15) is 10.2 Å². The van der Waals surface area contributed by atoms with Crippen LogP contribution in [-0.4, -0.2) is 38.0 Å². The number of H-pyrrole nitrogens is 1. The van der Waals surface area contributed by atoms with Crippen LogP contribution < -0.4 is 5.56 Å². The van der Waals surface area contributed by atoms with E-state index >= 15 is 0 Å². The van der Waals surface area contributed by atoms with Gasteiger partial charge in [-0.3, -0.25) is 14.8 Å². The first kappa shape index (κ1) is 15.6. The quantitative estimate of drug-likeness (QED) is 0.913. The van der Waals surface area contributed by atoms with Crippen molar-refractivity contribution in [3.8, 4) is 0 Å². The van der Waals surface area contributed by atoms with Crippen LogP contribution in [0.3, 0.4) is 0 Å². The van der Waals surface area contributed by atoms with E-state index in [9.17, 15) is 4.79 Å². The maximum atomic E-state index is 12.1. The standard InChI is InChI=1S/C18H25N5O/c1-13-10-16(20-19-13)12-22-8-6-14(7-9-22)11-23-18(24)5-4-17(21-23)15-2-3-15/h4-5,10,14-15H,2-3,6-9,11-12H2,1H3,(H,19,20). The van der Waals surface area contributed by atoms with Crippen molar-refractivity contribution in [2.24, 2.45) is 5.92 Å². The molecule has 0 atom stereocenters. The molecule has 3 heterocycles. The van der Waals surface area contributed by atoms with Crippen LogP contribution in [0.1, 0.15) is 48.7 Å². The molecule has 24 heavy (non-hydrogen) atoms. The first-order valence-electron chi connectivity index (χ1n) is 8.98. The zero-order chi connectivity index (χ0) is 16.5. The summed E-state index contributed by atoms with van der Waals surface area (Å²) < 4.78 is 1.70. The highest BCUT2D eigenvalue weighted by Crippen LogP contribution is 2.38. The number of aromatic nitrogens is 4. The maximum Gasteiger partial charge on any atom is 0.266 e. The minimum absolute atomic E-state index is 0.0360. The molecule has 0 amide bonds. The third-order valence-corrected chi connectivity index (χ3v) is 5.17. The third kappa shape index (κ3) is 3.59. The summed E-state index contributed by atoms with van der Waals surface area (Å²) in [6.07, 6.45) is 4.67. The lowest BCUT2D eigenvalue weighted by molar-refractivity contribution is 0.162. The smallest absolute Gasteiger partial charge is 0.266 e. The predicted octanol–water partition coefficient (Wildman–Crippen LogP) is 2.06. The lowest BCUT2D eigenvalue weighted by Gasteiger charge is -2.31. The molecule has 0 bridgehead atoms. The highest BCUT2D eigenvalue weighted by Gasteiger charge is 2.26. The van der Waals surface area contributed by atoms with E-state index in [1.807, 2.05) is 13.0 Å². The number of aryl methyl sites for hydroxylation is 1. The summed E-state index contributed by atoms with van der Waals surface area (Å²) in [5, 5.41) is 11.9. The molecule has 1 saturated carbocycles. The Morgan fingerprint density at radius 1 is 1.21 bits per heavy atom. The van der Waals surface area contributed by atoms with Crippen LogP contribution in [0.5, 0.6) is 0 Å². The van der Waals surface area contributed by atoms with E-state index in [1.165, 1.54) is 12.8 Å². The van der Waals surface area contributed by atoms with E-state index in [1.54, 1.807) is 10.7 Å². The number of aromatic amines is 1. The minimum atomic E-state index is 0.0360. The largest absolute Gasteiger partial charge is 0.297 e. The molecule has 6 nitrogen and oxygen atoms in total. The van der Waals surface area contributed by atoms with E-state index in [0.29, 0.717) is 11.8 Å². The molecular formula is C18H25N5O. The molecule has 2 aliphatic rings. The molecule has 2 aromatic heterocycles. The average molecular weight is 327 g/mol. The Kier molecular flexibility index (Phi) is 4.22. The van der Waals surface area contributed by atoms with E-state index < -0.39 is 0 Å². The topological polar surface area (TPSA) is 66.8 Å². The number of piperidine rings is 1. The molecule has 4 rings (SSSR count). The van der Waals surface area contributed by atoms with Crippen LogP contribution in [0.4, 0.5) is 0 Å². The number of nitrogens with one attached hydrogen (secondary N) is 1. The molecule has 0 aromatic carbocycles.